The number of aryl methyl sites for hydroxylation is 1. The van der Waals surface area contributed by atoms with Crippen LogP contribution in [0.4, 0.5) is 0 Å². The number of hydrogen-bond donors (Lipinski definition) is 2. The smallest absolute Gasteiger partial charge is 0.119 e. The summed E-state index contributed by atoms with van der Waals surface area (Å²) in [4.78, 5) is 0. The topological polar surface area (TPSA) is 41.5 Å². The van der Waals surface area contributed by atoms with Crippen molar-refractivity contribution in [3.63, 3.8) is 0 Å². The standard InChI is InChI=1S/C19H22ClNO2.ClH/c1-23-18-8-6-13-5-7-17(10-15(13)11-18)21-12-19(22)14-3-2-4-16(20)9-14;/h2-4,6,8-9,11,17,19,21-22H,5,7,10,12H2,1H3;1H. The van der Waals surface area contributed by atoms with Crippen molar-refractivity contribution in [3.05, 3.63) is 64.2 Å². The number of halogens is 2. The van der Waals surface area contributed by atoms with Gasteiger partial charge in [-0.3, -0.25) is 0 Å². The van der Waals surface area contributed by atoms with Crippen LogP contribution in [-0.4, -0.2) is 24.8 Å². The van der Waals surface area contributed by atoms with Gasteiger partial charge in [0, 0.05) is 17.6 Å². The number of nitrogens with one attached hydrogen (secondary N) is 1. The molecule has 2 aromatic rings. The fourth-order valence-electron chi connectivity index (χ4n) is 3.14. The van der Waals surface area contributed by atoms with Crippen molar-refractivity contribution in [1.82, 2.24) is 5.32 Å². The lowest BCUT2D eigenvalue weighted by Gasteiger charge is -2.27. The van der Waals surface area contributed by atoms with Gasteiger partial charge in [0.25, 0.3) is 0 Å². The first-order valence-corrected chi connectivity index (χ1v) is 8.36. The quantitative estimate of drug-likeness (QED) is 0.840. The molecule has 0 amide bonds. The number of benzene rings is 2. The van der Waals surface area contributed by atoms with E-state index in [1.807, 2.05) is 30.3 Å². The Bertz CT molecular complexity index is 678. The minimum absolute atomic E-state index is 0. The minimum Gasteiger partial charge on any atom is -0.497 e. The number of fused-ring (bicyclic) bond motifs is 1. The van der Waals surface area contributed by atoms with Gasteiger partial charge in [0.2, 0.25) is 0 Å². The van der Waals surface area contributed by atoms with E-state index in [4.69, 9.17) is 16.3 Å². The maximum absolute atomic E-state index is 10.3. The molecule has 0 heterocycles. The van der Waals surface area contributed by atoms with Crippen LogP contribution < -0.4 is 10.1 Å². The molecular weight excluding hydrogens is 345 g/mol. The van der Waals surface area contributed by atoms with E-state index in [0.29, 0.717) is 17.6 Å². The number of methoxy groups -OCH3 is 1. The molecular formula is C19H23Cl2NO2. The molecule has 0 aliphatic heterocycles. The molecule has 0 spiro atoms. The van der Waals surface area contributed by atoms with E-state index in [2.05, 4.69) is 17.4 Å². The molecule has 5 heteroatoms. The molecule has 24 heavy (non-hydrogen) atoms. The van der Waals surface area contributed by atoms with Crippen LogP contribution >= 0.6 is 24.0 Å². The molecule has 0 fully saturated rings. The van der Waals surface area contributed by atoms with Crippen LogP contribution in [0.3, 0.4) is 0 Å². The lowest BCUT2D eigenvalue weighted by Crippen LogP contribution is -2.37. The summed E-state index contributed by atoms with van der Waals surface area (Å²) < 4.78 is 5.31. The fourth-order valence-corrected chi connectivity index (χ4v) is 3.34. The van der Waals surface area contributed by atoms with Gasteiger partial charge in [0.1, 0.15) is 5.75 Å². The predicted octanol–water partition coefficient (Wildman–Crippen LogP) is 3.95. The van der Waals surface area contributed by atoms with Crippen LogP contribution in [0.1, 0.15) is 29.2 Å². The molecule has 3 rings (SSSR count). The average Bonchev–Trinajstić information content (AvgIpc) is 2.58. The van der Waals surface area contributed by atoms with E-state index < -0.39 is 6.10 Å². The first kappa shape index (κ1) is 19.1. The highest BCUT2D eigenvalue weighted by molar-refractivity contribution is 6.30. The fraction of sp³-hybridized carbons (Fsp3) is 0.368. The van der Waals surface area contributed by atoms with E-state index in [-0.39, 0.29) is 12.4 Å². The number of ether oxygens (including phenoxy) is 1. The van der Waals surface area contributed by atoms with Crippen LogP contribution in [0.5, 0.6) is 5.75 Å². The average molecular weight is 368 g/mol. The highest BCUT2D eigenvalue weighted by atomic mass is 35.5. The molecule has 2 N–H and O–H groups in total. The summed E-state index contributed by atoms with van der Waals surface area (Å²) in [6.07, 6.45) is 2.57. The molecule has 0 bridgehead atoms. The predicted molar refractivity (Wildman–Crippen MR) is 100 cm³/mol. The van der Waals surface area contributed by atoms with Crippen LogP contribution in [0.2, 0.25) is 5.02 Å². The van der Waals surface area contributed by atoms with Crippen molar-refractivity contribution in [1.29, 1.82) is 0 Å². The van der Waals surface area contributed by atoms with Gasteiger partial charge in [-0.1, -0.05) is 29.8 Å². The van der Waals surface area contributed by atoms with Gasteiger partial charge < -0.3 is 15.2 Å². The lowest BCUT2D eigenvalue weighted by molar-refractivity contribution is 0.168. The molecule has 0 saturated heterocycles. The SMILES string of the molecule is COc1ccc2c(c1)CC(NCC(O)c1cccc(Cl)c1)CC2.Cl. The Kier molecular flexibility index (Phi) is 6.93. The molecule has 130 valence electrons. The third-order valence-corrected chi connectivity index (χ3v) is 4.71. The summed E-state index contributed by atoms with van der Waals surface area (Å²) in [6.45, 7) is 0.532. The van der Waals surface area contributed by atoms with Crippen molar-refractivity contribution >= 4 is 24.0 Å². The highest BCUT2D eigenvalue weighted by Gasteiger charge is 2.20. The molecule has 1 aliphatic carbocycles. The molecule has 2 atom stereocenters. The van der Waals surface area contributed by atoms with Crippen LogP contribution in [0, 0.1) is 0 Å². The zero-order chi connectivity index (χ0) is 16.2. The summed E-state index contributed by atoms with van der Waals surface area (Å²) in [5, 5.41) is 14.4. The second kappa shape index (κ2) is 8.72. The van der Waals surface area contributed by atoms with Crippen molar-refractivity contribution in [2.24, 2.45) is 0 Å². The Labute approximate surface area is 154 Å². The monoisotopic (exact) mass is 367 g/mol. The molecule has 2 aromatic carbocycles. The van der Waals surface area contributed by atoms with Crippen LogP contribution in [0.25, 0.3) is 0 Å². The lowest BCUT2D eigenvalue weighted by atomic mass is 9.88. The van der Waals surface area contributed by atoms with Gasteiger partial charge in [-0.05, 0) is 60.2 Å². The van der Waals surface area contributed by atoms with Crippen molar-refractivity contribution in [2.75, 3.05) is 13.7 Å². The molecule has 2 unspecified atom stereocenters. The Morgan fingerprint density at radius 2 is 2.08 bits per heavy atom. The van der Waals surface area contributed by atoms with Crippen LogP contribution in [-0.2, 0) is 12.8 Å². The van der Waals surface area contributed by atoms with Gasteiger partial charge in [-0.15, -0.1) is 12.4 Å². The molecule has 0 aromatic heterocycles. The zero-order valence-corrected chi connectivity index (χ0v) is 15.2. The maximum Gasteiger partial charge on any atom is 0.119 e. The summed E-state index contributed by atoms with van der Waals surface area (Å²) in [6, 6.07) is 14.1. The van der Waals surface area contributed by atoms with E-state index in [1.54, 1.807) is 7.11 Å². The van der Waals surface area contributed by atoms with Gasteiger partial charge in [0.05, 0.1) is 13.2 Å². The third-order valence-electron chi connectivity index (χ3n) is 4.48. The van der Waals surface area contributed by atoms with Crippen molar-refractivity contribution < 1.29 is 9.84 Å². The number of aliphatic hydroxyl groups is 1. The minimum atomic E-state index is -0.541. The summed E-state index contributed by atoms with van der Waals surface area (Å²) in [5.41, 5.74) is 3.59. The van der Waals surface area contributed by atoms with Crippen LogP contribution in [0.15, 0.2) is 42.5 Å². The molecule has 3 nitrogen and oxygen atoms in total. The normalized spacial score (nSPS) is 17.5. The summed E-state index contributed by atoms with van der Waals surface area (Å²) >= 11 is 5.98. The van der Waals surface area contributed by atoms with Crippen molar-refractivity contribution in [2.45, 2.75) is 31.4 Å². The Balaban J connectivity index is 0.00000208. The van der Waals surface area contributed by atoms with Gasteiger partial charge >= 0.3 is 0 Å². The second-order valence-corrected chi connectivity index (χ2v) is 6.49. The Morgan fingerprint density at radius 1 is 1.25 bits per heavy atom. The van der Waals surface area contributed by atoms with Crippen molar-refractivity contribution in [3.8, 4) is 5.75 Å². The number of aliphatic hydroxyl groups excluding tert-OH is 1. The molecule has 0 radical (unpaired) electrons. The zero-order valence-electron chi connectivity index (χ0n) is 13.7. The van der Waals surface area contributed by atoms with E-state index in [9.17, 15) is 5.11 Å². The summed E-state index contributed by atoms with van der Waals surface area (Å²) in [5.74, 6) is 0.906. The number of rotatable bonds is 5. The highest BCUT2D eigenvalue weighted by Crippen LogP contribution is 2.26. The van der Waals surface area contributed by atoms with Gasteiger partial charge in [0.15, 0.2) is 0 Å². The first-order valence-electron chi connectivity index (χ1n) is 7.98. The number of hydrogen-bond acceptors (Lipinski definition) is 3. The largest absolute Gasteiger partial charge is 0.497 e. The van der Waals surface area contributed by atoms with Gasteiger partial charge in [-0.2, -0.15) is 0 Å². The molecule has 0 saturated carbocycles. The molecule has 1 aliphatic rings. The van der Waals surface area contributed by atoms with E-state index in [1.165, 1.54) is 11.1 Å². The second-order valence-electron chi connectivity index (χ2n) is 6.05. The summed E-state index contributed by atoms with van der Waals surface area (Å²) in [7, 11) is 1.70. The van der Waals surface area contributed by atoms with E-state index in [0.717, 1.165) is 30.6 Å². The third kappa shape index (κ3) is 4.64. The van der Waals surface area contributed by atoms with E-state index >= 15 is 0 Å². The Hall–Kier alpha value is -1.26. The Morgan fingerprint density at radius 3 is 2.83 bits per heavy atom. The van der Waals surface area contributed by atoms with Gasteiger partial charge in [-0.25, -0.2) is 0 Å². The first-order chi connectivity index (χ1) is 11.2. The maximum atomic E-state index is 10.3.